The van der Waals surface area contributed by atoms with Crippen molar-refractivity contribution >= 4 is 29.2 Å². The third-order valence-corrected chi connectivity index (χ3v) is 13.7. The van der Waals surface area contributed by atoms with Crippen molar-refractivity contribution in [3.63, 3.8) is 0 Å². The Labute approximate surface area is 383 Å². The van der Waals surface area contributed by atoms with E-state index in [-0.39, 0.29) is 49.7 Å². The molecule has 1 amide bonds. The number of piperidine rings is 1. The van der Waals surface area contributed by atoms with Gasteiger partial charge in [0.15, 0.2) is 5.78 Å². The molecule has 0 aromatic heterocycles. The minimum atomic E-state index is -2.95. The number of amides is 1. The zero-order chi connectivity index (χ0) is 47.8. The summed E-state index contributed by atoms with van der Waals surface area (Å²) in [5, 5.41) is 23.0. The van der Waals surface area contributed by atoms with E-state index < -0.39 is 90.7 Å². The summed E-state index contributed by atoms with van der Waals surface area (Å²) >= 11 is 0. The van der Waals surface area contributed by atoms with Crippen LogP contribution in [0.2, 0.25) is 0 Å². The predicted octanol–water partition coefficient (Wildman–Crippen LogP) is 6.69. The van der Waals surface area contributed by atoms with Crippen molar-refractivity contribution in [2.75, 3.05) is 27.9 Å². The molecule has 0 unspecified atom stereocenters. The summed E-state index contributed by atoms with van der Waals surface area (Å²) in [6, 6.07) is -1.19. The van der Waals surface area contributed by atoms with Gasteiger partial charge in [-0.2, -0.15) is 8.78 Å². The highest BCUT2D eigenvalue weighted by atomic mass is 19.3. The maximum Gasteiger partial charge on any atom is 0.345 e. The number of aliphatic hydroxyl groups is 2. The molecule has 4 rings (SSSR count). The van der Waals surface area contributed by atoms with E-state index in [9.17, 15) is 43.0 Å². The number of hydrogen-bond donors (Lipinski definition) is 2. The van der Waals surface area contributed by atoms with Gasteiger partial charge in [0, 0.05) is 59.5 Å². The van der Waals surface area contributed by atoms with Gasteiger partial charge in [-0.25, -0.2) is 4.79 Å². The van der Waals surface area contributed by atoms with E-state index in [1.165, 1.54) is 20.3 Å². The van der Waals surface area contributed by atoms with E-state index in [0.717, 1.165) is 10.5 Å². The zero-order valence-corrected chi connectivity index (χ0v) is 39.3. The summed E-state index contributed by atoms with van der Waals surface area (Å²) in [5.41, 5.74) is 1.22. The third-order valence-electron chi connectivity index (χ3n) is 13.7. The molecule has 14 nitrogen and oxygen atoms in total. The normalized spacial score (nSPS) is 35.8. The Kier molecular flexibility index (Phi) is 21.8. The molecule has 3 fully saturated rings. The van der Waals surface area contributed by atoms with E-state index in [1.807, 2.05) is 44.2 Å². The molecule has 2 bridgehead atoms. The SMILES string of the molecule is CO[C@H]1C[C@@H]2CC[C@@H](C)[C@@](O)(O2)C(=O)C(=O)N2CCCC[C@H]2C(=O)O[C@H]([C@H](C)C[C@@H]2CC[C@@H](OC(F)F)[C@H](OC)C2)CC(=O)C/C=C(\C)[C@@H](O)[C@@H](OC)C(=O)CCC/C=C/C=CC=C1C. The quantitative estimate of drug-likeness (QED) is 0.149. The lowest BCUT2D eigenvalue weighted by atomic mass is 9.78. The van der Waals surface area contributed by atoms with Crippen LogP contribution in [-0.4, -0.2) is 133 Å². The molecule has 4 aliphatic rings. The molecule has 0 spiro atoms. The number of nitrogens with zero attached hydrogens (tertiary/aromatic N) is 1. The van der Waals surface area contributed by atoms with Gasteiger partial charge in [0.2, 0.25) is 5.79 Å². The molecule has 0 aromatic rings. The van der Waals surface area contributed by atoms with Crippen molar-refractivity contribution in [1.82, 2.24) is 4.90 Å². The van der Waals surface area contributed by atoms with Gasteiger partial charge in [-0.1, -0.05) is 50.3 Å². The minimum absolute atomic E-state index is 0.0453. The average molecular weight is 922 g/mol. The smallest absolute Gasteiger partial charge is 0.345 e. The van der Waals surface area contributed by atoms with E-state index >= 15 is 0 Å². The third kappa shape index (κ3) is 15.2. The summed E-state index contributed by atoms with van der Waals surface area (Å²) in [7, 11) is 4.34. The van der Waals surface area contributed by atoms with Crippen LogP contribution in [0.4, 0.5) is 8.78 Å². The lowest BCUT2D eigenvalue weighted by Gasteiger charge is -2.42. The fraction of sp³-hybridized carbons (Fsp3) is 0.735. The highest BCUT2D eigenvalue weighted by Crippen LogP contribution is 2.38. The van der Waals surface area contributed by atoms with Crippen molar-refractivity contribution in [2.45, 2.75) is 185 Å². The zero-order valence-electron chi connectivity index (χ0n) is 39.3. The first kappa shape index (κ1) is 54.1. The molecule has 1 saturated carbocycles. The van der Waals surface area contributed by atoms with E-state index in [4.69, 9.17) is 28.4 Å². The predicted molar refractivity (Wildman–Crippen MR) is 236 cm³/mol. The van der Waals surface area contributed by atoms with Gasteiger partial charge in [-0.3, -0.25) is 19.2 Å². The Hall–Kier alpha value is -3.51. The van der Waals surface area contributed by atoms with Crippen molar-refractivity contribution in [1.29, 1.82) is 0 Å². The number of rotatable bonds is 8. The monoisotopic (exact) mass is 922 g/mol. The molecule has 1 aliphatic carbocycles. The van der Waals surface area contributed by atoms with Crippen LogP contribution in [0.1, 0.15) is 124 Å². The minimum Gasteiger partial charge on any atom is -0.460 e. The highest BCUT2D eigenvalue weighted by molar-refractivity contribution is 6.39. The van der Waals surface area contributed by atoms with Crippen LogP contribution < -0.4 is 0 Å². The lowest BCUT2D eigenvalue weighted by Crippen LogP contribution is -2.61. The van der Waals surface area contributed by atoms with E-state index in [0.29, 0.717) is 76.2 Å². The standard InChI is InChI=1S/C49H73F2NO13/c1-30-16-12-10-8-9-11-13-18-38(54)44(62-7)43(55)31(2)19-22-35(53)28-41(32(3)26-34-21-24-39(64-48(50)51)42(27-34)61-6)63-47(58)37-17-14-15-25-52(37)46(57)45(56)49(59)33(4)20-23-36(65-49)29-40(30)60-5/h8-10,12,16,19,32-34,36-37,39-44,48,55,59H,11,13-15,17-18,20-29H2,1-7H3/b9-8+,12-10?,30-16?,31-19+/t32-,33-,34+,36+,37+,39-,40+,41+,42-,43-,44+,49-/m1/s1. The Bertz CT molecular complexity index is 1730. The number of carbonyl (C=O) groups is 5. The number of halogens is 2. The fourth-order valence-electron chi connectivity index (χ4n) is 9.58. The molecular weight excluding hydrogens is 849 g/mol. The number of allylic oxidation sites excluding steroid dienone is 6. The summed E-state index contributed by atoms with van der Waals surface area (Å²) in [6.07, 6.45) is 10.0. The largest absolute Gasteiger partial charge is 0.460 e. The molecule has 3 heterocycles. The second-order valence-electron chi connectivity index (χ2n) is 18.4. The number of esters is 1. The van der Waals surface area contributed by atoms with Crippen LogP contribution in [0, 0.1) is 17.8 Å². The van der Waals surface area contributed by atoms with Crippen molar-refractivity contribution < 1.29 is 71.4 Å². The van der Waals surface area contributed by atoms with Gasteiger partial charge >= 0.3 is 12.6 Å². The molecule has 2 N–H and O–H groups in total. The number of ketones is 3. The summed E-state index contributed by atoms with van der Waals surface area (Å²) in [4.78, 5) is 70.6. The molecule has 65 heavy (non-hydrogen) atoms. The van der Waals surface area contributed by atoms with Gasteiger partial charge in [0.25, 0.3) is 11.7 Å². The maximum atomic E-state index is 14.3. The number of ether oxygens (including phenoxy) is 6. The Morgan fingerprint density at radius 2 is 1.65 bits per heavy atom. The van der Waals surface area contributed by atoms with Crippen LogP contribution in [0.5, 0.6) is 0 Å². The van der Waals surface area contributed by atoms with Crippen molar-refractivity contribution in [2.24, 2.45) is 17.8 Å². The molecule has 16 heteroatoms. The summed E-state index contributed by atoms with van der Waals surface area (Å²) in [6.45, 7) is 4.08. The fourth-order valence-corrected chi connectivity index (χ4v) is 9.58. The second-order valence-corrected chi connectivity index (χ2v) is 18.4. The first-order chi connectivity index (χ1) is 30.9. The first-order valence-electron chi connectivity index (χ1n) is 23.3. The van der Waals surface area contributed by atoms with Gasteiger partial charge in [0.1, 0.15) is 30.1 Å². The maximum absolute atomic E-state index is 14.3. The lowest BCUT2D eigenvalue weighted by molar-refractivity contribution is -0.265. The number of methoxy groups -OCH3 is 3. The molecule has 3 aliphatic heterocycles. The van der Waals surface area contributed by atoms with Gasteiger partial charge in [-0.05, 0) is 107 Å². The first-order valence-corrected chi connectivity index (χ1v) is 23.3. The number of alkyl halides is 2. The number of Topliss-reactive ketones (excluding diaryl/α,β-unsaturated/α-hetero) is 3. The van der Waals surface area contributed by atoms with Crippen LogP contribution in [0.3, 0.4) is 0 Å². The number of cyclic esters (lactones) is 1. The molecule has 2 saturated heterocycles. The van der Waals surface area contributed by atoms with Gasteiger partial charge in [0.05, 0.1) is 24.4 Å². The van der Waals surface area contributed by atoms with E-state index in [1.54, 1.807) is 21.0 Å². The number of carbonyl (C=O) groups excluding carboxylic acids is 5. The Morgan fingerprint density at radius 1 is 0.892 bits per heavy atom. The van der Waals surface area contributed by atoms with Crippen LogP contribution >= 0.6 is 0 Å². The number of hydrogen-bond acceptors (Lipinski definition) is 13. The summed E-state index contributed by atoms with van der Waals surface area (Å²) in [5.74, 6) is -7.32. The van der Waals surface area contributed by atoms with Crippen LogP contribution in [0.15, 0.2) is 47.6 Å². The van der Waals surface area contributed by atoms with E-state index in [2.05, 4.69) is 0 Å². The topological polar surface area (TPSA) is 184 Å². The van der Waals surface area contributed by atoms with Crippen molar-refractivity contribution in [3.8, 4) is 0 Å². The number of fused-ring (bicyclic) bond motifs is 3. The molecule has 0 aromatic carbocycles. The molecular formula is C49H73F2NO13. The Balaban J connectivity index is 1.64. The second kappa shape index (κ2) is 26.1. The summed E-state index contributed by atoms with van der Waals surface area (Å²) < 4.78 is 60.1. The molecule has 12 atom stereocenters. The average Bonchev–Trinajstić information content (AvgIpc) is 3.28. The number of aliphatic hydroxyl groups excluding tert-OH is 1. The highest BCUT2D eigenvalue weighted by Gasteiger charge is 2.53. The van der Waals surface area contributed by atoms with Crippen molar-refractivity contribution in [3.05, 3.63) is 47.6 Å². The van der Waals surface area contributed by atoms with Gasteiger partial charge < -0.3 is 43.5 Å². The van der Waals surface area contributed by atoms with Crippen LogP contribution in [-0.2, 0) is 52.4 Å². The van der Waals surface area contributed by atoms with Gasteiger partial charge in [-0.15, -0.1) is 0 Å². The molecule has 366 valence electrons. The Morgan fingerprint density at radius 3 is 2.34 bits per heavy atom. The molecule has 0 radical (unpaired) electrons. The van der Waals surface area contributed by atoms with Crippen LogP contribution in [0.25, 0.3) is 0 Å².